The molecule has 0 saturated heterocycles. The lowest BCUT2D eigenvalue weighted by Crippen LogP contribution is -2.33. The van der Waals surface area contributed by atoms with Crippen LogP contribution in [0.15, 0.2) is 23.1 Å². The first kappa shape index (κ1) is 14.9. The quantitative estimate of drug-likeness (QED) is 0.469. The van der Waals surface area contributed by atoms with E-state index in [0.29, 0.717) is 13.2 Å². The molecule has 0 heterocycles. The molecule has 0 fully saturated rings. The second kappa shape index (κ2) is 7.28. The van der Waals surface area contributed by atoms with Crippen molar-refractivity contribution in [2.75, 3.05) is 26.0 Å². The zero-order chi connectivity index (χ0) is 13.5. The number of carbonyl (C=O) groups is 1. The van der Waals surface area contributed by atoms with E-state index in [2.05, 4.69) is 5.32 Å². The minimum absolute atomic E-state index is 0.0199. The van der Waals surface area contributed by atoms with Crippen LogP contribution in [0.5, 0.6) is 0 Å². The highest BCUT2D eigenvalue weighted by Gasteiger charge is 2.13. The topological polar surface area (TPSA) is 64.3 Å². The van der Waals surface area contributed by atoms with Crippen LogP contribution in [0.4, 0.5) is 5.69 Å². The number of nitrogens with one attached hydrogen (secondary N) is 1. The number of benzene rings is 1. The highest BCUT2D eigenvalue weighted by atomic mass is 32.2. The number of carbonyl (C=O) groups excluding carboxylic acids is 1. The fourth-order valence-corrected chi connectivity index (χ4v) is 2.39. The Hall–Kier alpha value is -1.20. The molecule has 1 unspecified atom stereocenters. The van der Waals surface area contributed by atoms with Crippen molar-refractivity contribution in [1.82, 2.24) is 5.32 Å². The molecular formula is C13H20N2O2S. The van der Waals surface area contributed by atoms with Gasteiger partial charge < -0.3 is 15.8 Å². The molecule has 0 aliphatic heterocycles. The number of ether oxygens (including phenoxy) is 1. The average molecular weight is 268 g/mol. The van der Waals surface area contributed by atoms with Gasteiger partial charge in [0.25, 0.3) is 0 Å². The Labute approximate surface area is 112 Å². The Morgan fingerprint density at radius 1 is 1.56 bits per heavy atom. The SMILES string of the molecule is COCCNC(=O)C(C)Sc1ccc(N)c(C)c1. The summed E-state index contributed by atoms with van der Waals surface area (Å²) in [5.74, 6) is 0.0199. The van der Waals surface area contributed by atoms with Gasteiger partial charge in [0, 0.05) is 24.2 Å². The molecule has 1 aromatic carbocycles. The van der Waals surface area contributed by atoms with Gasteiger partial charge in [0.15, 0.2) is 0 Å². The third-order valence-electron chi connectivity index (χ3n) is 2.53. The molecule has 0 radical (unpaired) electrons. The first-order valence-electron chi connectivity index (χ1n) is 5.84. The minimum Gasteiger partial charge on any atom is -0.399 e. The van der Waals surface area contributed by atoms with Gasteiger partial charge >= 0.3 is 0 Å². The number of methoxy groups -OCH3 is 1. The maximum Gasteiger partial charge on any atom is 0.233 e. The zero-order valence-corrected chi connectivity index (χ0v) is 11.8. The summed E-state index contributed by atoms with van der Waals surface area (Å²) in [4.78, 5) is 12.8. The van der Waals surface area contributed by atoms with Crippen molar-refractivity contribution < 1.29 is 9.53 Å². The summed E-state index contributed by atoms with van der Waals surface area (Å²) in [5, 5.41) is 2.69. The number of nitrogen functional groups attached to an aromatic ring is 1. The van der Waals surface area contributed by atoms with Crippen LogP contribution in [-0.4, -0.2) is 31.4 Å². The Bertz CT molecular complexity index is 410. The summed E-state index contributed by atoms with van der Waals surface area (Å²) in [6, 6.07) is 5.80. The van der Waals surface area contributed by atoms with Crippen molar-refractivity contribution in [1.29, 1.82) is 0 Å². The predicted molar refractivity (Wildman–Crippen MR) is 75.8 cm³/mol. The van der Waals surface area contributed by atoms with E-state index < -0.39 is 0 Å². The number of rotatable bonds is 6. The third kappa shape index (κ3) is 4.58. The average Bonchev–Trinajstić information content (AvgIpc) is 2.34. The molecule has 0 saturated carbocycles. The van der Waals surface area contributed by atoms with E-state index in [1.807, 2.05) is 32.0 Å². The molecule has 1 rings (SSSR count). The van der Waals surface area contributed by atoms with Crippen LogP contribution in [0.3, 0.4) is 0 Å². The molecule has 0 aliphatic rings. The van der Waals surface area contributed by atoms with Crippen LogP contribution in [-0.2, 0) is 9.53 Å². The van der Waals surface area contributed by atoms with Crippen molar-refractivity contribution in [3.63, 3.8) is 0 Å². The monoisotopic (exact) mass is 268 g/mol. The lowest BCUT2D eigenvalue weighted by Gasteiger charge is -2.12. The van der Waals surface area contributed by atoms with Crippen LogP contribution in [0.1, 0.15) is 12.5 Å². The normalized spacial score (nSPS) is 12.2. The van der Waals surface area contributed by atoms with E-state index in [-0.39, 0.29) is 11.2 Å². The molecule has 18 heavy (non-hydrogen) atoms. The molecule has 100 valence electrons. The van der Waals surface area contributed by atoms with Crippen molar-refractivity contribution in [2.45, 2.75) is 24.0 Å². The molecule has 0 bridgehead atoms. The fraction of sp³-hybridized carbons (Fsp3) is 0.462. The van der Waals surface area contributed by atoms with Gasteiger partial charge in [-0.15, -0.1) is 11.8 Å². The van der Waals surface area contributed by atoms with Crippen molar-refractivity contribution in [3.8, 4) is 0 Å². The summed E-state index contributed by atoms with van der Waals surface area (Å²) >= 11 is 1.52. The third-order valence-corrected chi connectivity index (χ3v) is 3.62. The first-order valence-corrected chi connectivity index (χ1v) is 6.72. The number of thioether (sulfide) groups is 1. The van der Waals surface area contributed by atoms with Crippen LogP contribution in [0, 0.1) is 6.92 Å². The number of nitrogens with two attached hydrogens (primary N) is 1. The molecule has 0 aromatic heterocycles. The molecule has 5 heteroatoms. The van der Waals surface area contributed by atoms with E-state index >= 15 is 0 Å². The van der Waals surface area contributed by atoms with Crippen LogP contribution in [0.2, 0.25) is 0 Å². The highest BCUT2D eigenvalue weighted by molar-refractivity contribution is 8.00. The van der Waals surface area contributed by atoms with Crippen molar-refractivity contribution >= 4 is 23.4 Å². The number of hydrogen-bond acceptors (Lipinski definition) is 4. The largest absolute Gasteiger partial charge is 0.399 e. The van der Waals surface area contributed by atoms with Crippen LogP contribution >= 0.6 is 11.8 Å². The van der Waals surface area contributed by atoms with Crippen molar-refractivity contribution in [3.05, 3.63) is 23.8 Å². The van der Waals surface area contributed by atoms with Gasteiger partial charge in [-0.05, 0) is 37.6 Å². The van der Waals surface area contributed by atoms with Gasteiger partial charge in [0.2, 0.25) is 5.91 Å². The summed E-state index contributed by atoms with van der Waals surface area (Å²) in [7, 11) is 1.61. The summed E-state index contributed by atoms with van der Waals surface area (Å²) in [6.07, 6.45) is 0. The van der Waals surface area contributed by atoms with E-state index in [4.69, 9.17) is 10.5 Å². The Balaban J connectivity index is 2.50. The standard InChI is InChI=1S/C13H20N2O2S/c1-9-8-11(4-5-12(9)14)18-10(2)13(16)15-6-7-17-3/h4-5,8,10H,6-7,14H2,1-3H3,(H,15,16). The lowest BCUT2D eigenvalue weighted by molar-refractivity contribution is -0.120. The smallest absolute Gasteiger partial charge is 0.233 e. The summed E-state index contributed by atoms with van der Waals surface area (Å²) in [6.45, 7) is 4.92. The summed E-state index contributed by atoms with van der Waals surface area (Å²) in [5.41, 5.74) is 7.57. The highest BCUT2D eigenvalue weighted by Crippen LogP contribution is 2.26. The molecule has 0 spiro atoms. The van der Waals surface area contributed by atoms with E-state index in [0.717, 1.165) is 16.1 Å². The maximum atomic E-state index is 11.8. The van der Waals surface area contributed by atoms with Crippen LogP contribution < -0.4 is 11.1 Å². The maximum absolute atomic E-state index is 11.8. The number of aryl methyl sites for hydroxylation is 1. The Kier molecular flexibility index (Phi) is 6.01. The molecule has 1 aromatic rings. The molecule has 0 aliphatic carbocycles. The molecule has 1 amide bonds. The van der Waals surface area contributed by atoms with Gasteiger partial charge in [0.1, 0.15) is 0 Å². The first-order chi connectivity index (χ1) is 8.54. The van der Waals surface area contributed by atoms with Gasteiger partial charge in [-0.1, -0.05) is 0 Å². The number of hydrogen-bond donors (Lipinski definition) is 2. The summed E-state index contributed by atoms with van der Waals surface area (Å²) < 4.78 is 4.88. The Morgan fingerprint density at radius 3 is 2.89 bits per heavy atom. The van der Waals surface area contributed by atoms with Gasteiger partial charge in [-0.2, -0.15) is 0 Å². The fourth-order valence-electron chi connectivity index (χ4n) is 1.40. The molecule has 4 nitrogen and oxygen atoms in total. The van der Waals surface area contributed by atoms with E-state index in [1.54, 1.807) is 7.11 Å². The molecular weight excluding hydrogens is 248 g/mol. The number of amides is 1. The second-order valence-corrected chi connectivity index (χ2v) is 5.48. The van der Waals surface area contributed by atoms with Gasteiger partial charge in [0.05, 0.1) is 11.9 Å². The second-order valence-electron chi connectivity index (χ2n) is 4.06. The van der Waals surface area contributed by atoms with Crippen LogP contribution in [0.25, 0.3) is 0 Å². The molecule has 1 atom stereocenters. The number of anilines is 1. The zero-order valence-electron chi connectivity index (χ0n) is 11.0. The van der Waals surface area contributed by atoms with E-state index in [9.17, 15) is 4.79 Å². The van der Waals surface area contributed by atoms with Gasteiger partial charge in [-0.3, -0.25) is 4.79 Å². The lowest BCUT2D eigenvalue weighted by atomic mass is 10.2. The van der Waals surface area contributed by atoms with Crippen molar-refractivity contribution in [2.24, 2.45) is 0 Å². The Morgan fingerprint density at radius 2 is 2.28 bits per heavy atom. The predicted octanol–water partition coefficient (Wildman–Crippen LogP) is 1.82. The molecule has 3 N–H and O–H groups in total. The minimum atomic E-state index is -0.134. The van der Waals surface area contributed by atoms with E-state index in [1.165, 1.54) is 11.8 Å². The van der Waals surface area contributed by atoms with Gasteiger partial charge in [-0.25, -0.2) is 0 Å².